The van der Waals surface area contributed by atoms with Gasteiger partial charge in [-0.2, -0.15) is 0 Å². The first-order chi connectivity index (χ1) is 8.52. The minimum absolute atomic E-state index is 0.254. The van der Waals surface area contributed by atoms with Gasteiger partial charge in [0.1, 0.15) is 0 Å². The smallest absolute Gasteiger partial charge is 0.321 e. The van der Waals surface area contributed by atoms with Crippen molar-refractivity contribution in [1.82, 2.24) is 10.6 Å². The van der Waals surface area contributed by atoms with E-state index in [0.717, 1.165) is 9.37 Å². The lowest BCUT2D eigenvalue weighted by molar-refractivity contribution is -0.119. The van der Waals surface area contributed by atoms with Crippen LogP contribution in [0.15, 0.2) is 27.6 Å². The van der Waals surface area contributed by atoms with E-state index in [1.807, 2.05) is 12.1 Å². The lowest BCUT2D eigenvalue weighted by Gasteiger charge is -2.06. The zero-order chi connectivity index (χ0) is 13.5. The minimum Gasteiger partial charge on any atom is -0.398 e. The van der Waals surface area contributed by atoms with Crippen molar-refractivity contribution in [3.8, 4) is 0 Å². The van der Waals surface area contributed by atoms with Gasteiger partial charge in [0.15, 0.2) is 0 Å². The van der Waals surface area contributed by atoms with Gasteiger partial charge in [-0.05, 0) is 18.2 Å². The zero-order valence-corrected chi connectivity index (χ0v) is 12.2. The highest BCUT2D eigenvalue weighted by atomic mass is 79.9. The number of benzene rings is 1. The van der Waals surface area contributed by atoms with E-state index >= 15 is 0 Å². The fourth-order valence-corrected chi connectivity index (χ4v) is 2.60. The maximum absolute atomic E-state index is 11.3. The van der Waals surface area contributed by atoms with Crippen LogP contribution in [0.4, 0.5) is 10.5 Å². The molecule has 0 unspecified atom stereocenters. The van der Waals surface area contributed by atoms with Crippen LogP contribution in [0.2, 0.25) is 0 Å². The molecule has 18 heavy (non-hydrogen) atoms. The zero-order valence-electron chi connectivity index (χ0n) is 9.83. The van der Waals surface area contributed by atoms with Crippen LogP contribution >= 0.6 is 27.7 Å². The molecule has 4 N–H and O–H groups in total. The molecule has 0 fully saturated rings. The summed E-state index contributed by atoms with van der Waals surface area (Å²) in [7, 11) is 1.46. The minimum atomic E-state index is -0.494. The standard InChI is InChI=1S/C11H14BrN3O2S/c1-14-11(17)15-10(16)4-5-18-9-6-7(12)2-3-8(9)13/h2-3,6H,4-5,13H2,1H3,(H2,14,15,16,17). The number of nitrogens with one attached hydrogen (secondary N) is 2. The number of urea groups is 1. The van der Waals surface area contributed by atoms with Crippen molar-refractivity contribution in [3.05, 3.63) is 22.7 Å². The van der Waals surface area contributed by atoms with Gasteiger partial charge in [-0.3, -0.25) is 10.1 Å². The van der Waals surface area contributed by atoms with Crippen molar-refractivity contribution < 1.29 is 9.59 Å². The number of amides is 3. The van der Waals surface area contributed by atoms with Crippen LogP contribution in [0.1, 0.15) is 6.42 Å². The Kier molecular flexibility index (Phi) is 6.00. The highest BCUT2D eigenvalue weighted by Gasteiger charge is 2.07. The largest absolute Gasteiger partial charge is 0.398 e. The Morgan fingerprint density at radius 3 is 2.83 bits per heavy atom. The molecule has 1 aromatic rings. The van der Waals surface area contributed by atoms with Crippen molar-refractivity contribution in [2.45, 2.75) is 11.3 Å². The molecule has 98 valence electrons. The van der Waals surface area contributed by atoms with E-state index in [-0.39, 0.29) is 12.3 Å². The van der Waals surface area contributed by atoms with Gasteiger partial charge in [-0.15, -0.1) is 11.8 Å². The molecule has 0 atom stereocenters. The molecule has 0 aliphatic rings. The van der Waals surface area contributed by atoms with Crippen LogP contribution in [-0.4, -0.2) is 24.7 Å². The van der Waals surface area contributed by atoms with Crippen molar-refractivity contribution in [3.63, 3.8) is 0 Å². The fraction of sp³-hybridized carbons (Fsp3) is 0.273. The second kappa shape index (κ2) is 7.27. The van der Waals surface area contributed by atoms with Crippen molar-refractivity contribution >= 4 is 45.3 Å². The predicted molar refractivity (Wildman–Crippen MR) is 76.5 cm³/mol. The molecule has 0 saturated heterocycles. The average molecular weight is 332 g/mol. The van der Waals surface area contributed by atoms with Crippen molar-refractivity contribution in [1.29, 1.82) is 0 Å². The summed E-state index contributed by atoms with van der Waals surface area (Å²) in [5.41, 5.74) is 6.48. The molecule has 0 aliphatic heterocycles. The number of anilines is 1. The van der Waals surface area contributed by atoms with E-state index < -0.39 is 6.03 Å². The Balaban J connectivity index is 2.39. The first-order valence-corrected chi connectivity index (χ1v) is 7.00. The molecule has 0 heterocycles. The van der Waals surface area contributed by atoms with Crippen LogP contribution in [0, 0.1) is 0 Å². The van der Waals surface area contributed by atoms with Crippen LogP contribution in [-0.2, 0) is 4.79 Å². The molecule has 7 heteroatoms. The maximum Gasteiger partial charge on any atom is 0.321 e. The molecule has 1 rings (SSSR count). The highest BCUT2D eigenvalue weighted by Crippen LogP contribution is 2.28. The van der Waals surface area contributed by atoms with Crippen LogP contribution < -0.4 is 16.4 Å². The summed E-state index contributed by atoms with van der Waals surface area (Å²) in [6, 6.07) is 5.07. The molecular formula is C11H14BrN3O2S. The normalized spacial score (nSPS) is 9.89. The van der Waals surface area contributed by atoms with E-state index in [2.05, 4.69) is 26.6 Å². The molecule has 0 aromatic heterocycles. The Morgan fingerprint density at radius 1 is 1.44 bits per heavy atom. The Hall–Kier alpha value is -1.21. The first-order valence-electron chi connectivity index (χ1n) is 5.22. The number of hydrogen-bond acceptors (Lipinski definition) is 4. The van der Waals surface area contributed by atoms with Crippen LogP contribution in [0.3, 0.4) is 0 Å². The number of imide groups is 1. The molecule has 1 aromatic carbocycles. The summed E-state index contributed by atoms with van der Waals surface area (Å²) in [5, 5.41) is 4.52. The predicted octanol–water partition coefficient (Wildman–Crippen LogP) is 1.97. The number of rotatable bonds is 4. The molecular weight excluding hydrogens is 318 g/mol. The van der Waals surface area contributed by atoms with E-state index in [4.69, 9.17) is 5.73 Å². The number of nitrogens with two attached hydrogens (primary N) is 1. The van der Waals surface area contributed by atoms with Gasteiger partial charge in [-0.25, -0.2) is 4.79 Å². The Morgan fingerprint density at radius 2 is 2.17 bits per heavy atom. The quantitative estimate of drug-likeness (QED) is 0.581. The summed E-state index contributed by atoms with van der Waals surface area (Å²) in [6.07, 6.45) is 0.254. The monoisotopic (exact) mass is 331 g/mol. The first kappa shape index (κ1) is 14.8. The number of hydrogen-bond donors (Lipinski definition) is 3. The highest BCUT2D eigenvalue weighted by molar-refractivity contribution is 9.10. The third-order valence-electron chi connectivity index (χ3n) is 2.04. The number of carbonyl (C=O) groups excluding carboxylic acids is 2. The van der Waals surface area contributed by atoms with Crippen LogP contribution in [0.25, 0.3) is 0 Å². The molecule has 0 spiro atoms. The van der Waals surface area contributed by atoms with E-state index in [9.17, 15) is 9.59 Å². The maximum atomic E-state index is 11.3. The van der Waals surface area contributed by atoms with Gasteiger partial charge in [-0.1, -0.05) is 15.9 Å². The van der Waals surface area contributed by atoms with Gasteiger partial charge in [0.2, 0.25) is 5.91 Å². The summed E-state index contributed by atoms with van der Waals surface area (Å²) >= 11 is 4.83. The third kappa shape index (κ3) is 4.97. The molecule has 0 aliphatic carbocycles. The summed E-state index contributed by atoms with van der Waals surface area (Å²) in [5.74, 6) is 0.249. The third-order valence-corrected chi connectivity index (χ3v) is 3.61. The van der Waals surface area contributed by atoms with Crippen molar-refractivity contribution in [2.24, 2.45) is 0 Å². The Bertz CT molecular complexity index is 454. The average Bonchev–Trinajstić information content (AvgIpc) is 2.33. The number of thioether (sulfide) groups is 1. The Labute approximate surface area is 118 Å². The molecule has 5 nitrogen and oxygen atoms in total. The van der Waals surface area contributed by atoms with Gasteiger partial charge < -0.3 is 11.1 Å². The lowest BCUT2D eigenvalue weighted by Crippen LogP contribution is -2.37. The molecule has 0 saturated carbocycles. The molecule has 0 bridgehead atoms. The van der Waals surface area contributed by atoms with E-state index in [0.29, 0.717) is 11.4 Å². The van der Waals surface area contributed by atoms with Gasteiger partial charge >= 0.3 is 6.03 Å². The fourth-order valence-electron chi connectivity index (χ4n) is 1.14. The van der Waals surface area contributed by atoms with Gasteiger partial charge in [0, 0.05) is 34.3 Å². The summed E-state index contributed by atoms with van der Waals surface area (Å²) in [6.45, 7) is 0. The second-order valence-corrected chi connectivity index (χ2v) is 5.46. The van der Waals surface area contributed by atoms with E-state index in [1.54, 1.807) is 6.07 Å². The van der Waals surface area contributed by atoms with Crippen molar-refractivity contribution in [2.75, 3.05) is 18.5 Å². The van der Waals surface area contributed by atoms with E-state index in [1.165, 1.54) is 18.8 Å². The lowest BCUT2D eigenvalue weighted by atomic mass is 10.3. The number of nitrogen functional groups attached to an aromatic ring is 1. The SMILES string of the molecule is CNC(=O)NC(=O)CCSc1cc(Br)ccc1N. The topological polar surface area (TPSA) is 84.2 Å². The van der Waals surface area contributed by atoms with Gasteiger partial charge in [0.25, 0.3) is 0 Å². The number of halogens is 1. The number of carbonyl (C=O) groups is 2. The molecule has 3 amide bonds. The summed E-state index contributed by atoms with van der Waals surface area (Å²) in [4.78, 5) is 23.1. The molecule has 0 radical (unpaired) electrons. The van der Waals surface area contributed by atoms with Crippen LogP contribution in [0.5, 0.6) is 0 Å². The second-order valence-electron chi connectivity index (χ2n) is 3.41. The van der Waals surface area contributed by atoms with Gasteiger partial charge in [0.05, 0.1) is 0 Å². The summed E-state index contributed by atoms with van der Waals surface area (Å²) < 4.78 is 0.939.